The molecule has 1 fully saturated rings. The van der Waals surface area contributed by atoms with Crippen molar-refractivity contribution in [1.82, 2.24) is 25.3 Å². The van der Waals surface area contributed by atoms with E-state index in [-0.39, 0.29) is 11.8 Å². The second-order valence-corrected chi connectivity index (χ2v) is 6.28. The van der Waals surface area contributed by atoms with E-state index in [0.717, 1.165) is 31.0 Å². The van der Waals surface area contributed by atoms with E-state index in [1.807, 2.05) is 36.5 Å². The van der Waals surface area contributed by atoms with Gasteiger partial charge in [-0.1, -0.05) is 0 Å². The van der Waals surface area contributed by atoms with Crippen LogP contribution < -0.4 is 10.2 Å². The van der Waals surface area contributed by atoms with Gasteiger partial charge in [0.15, 0.2) is 11.6 Å². The molecule has 0 radical (unpaired) electrons. The van der Waals surface area contributed by atoms with Gasteiger partial charge in [-0.05, 0) is 43.2 Å². The monoisotopic (exact) mass is 352 g/mol. The Labute approximate surface area is 150 Å². The Morgan fingerprint density at radius 2 is 2.12 bits per heavy atom. The highest BCUT2D eigenvalue weighted by Gasteiger charge is 2.26. The summed E-state index contributed by atoms with van der Waals surface area (Å²) in [6.07, 6.45) is 6.95. The van der Waals surface area contributed by atoms with Gasteiger partial charge in [-0.25, -0.2) is 4.68 Å². The summed E-state index contributed by atoms with van der Waals surface area (Å²) in [5.74, 6) is 2.19. The van der Waals surface area contributed by atoms with Crippen LogP contribution in [0.2, 0.25) is 0 Å². The minimum Gasteiger partial charge on any atom is -0.467 e. The molecular formula is C18H20N6O2. The molecule has 26 heavy (non-hydrogen) atoms. The van der Waals surface area contributed by atoms with Crippen LogP contribution in [-0.2, 0) is 11.3 Å². The lowest BCUT2D eigenvalue weighted by molar-refractivity contribution is -0.125. The number of nitrogens with zero attached hydrogens (tertiary/aromatic N) is 5. The summed E-state index contributed by atoms with van der Waals surface area (Å²) in [6, 6.07) is 9.31. The smallest absolute Gasteiger partial charge is 0.225 e. The van der Waals surface area contributed by atoms with E-state index in [1.165, 1.54) is 0 Å². The average molecular weight is 352 g/mol. The SMILES string of the molecule is O=C(NCc1ccco1)[C@@H]1CCCN(c2ccc(-n3cccn3)nn2)C1. The van der Waals surface area contributed by atoms with Crippen LogP contribution >= 0.6 is 0 Å². The number of carbonyl (C=O) groups is 1. The first-order valence-corrected chi connectivity index (χ1v) is 8.68. The molecule has 1 saturated heterocycles. The van der Waals surface area contributed by atoms with Crippen LogP contribution in [0.3, 0.4) is 0 Å². The lowest BCUT2D eigenvalue weighted by Crippen LogP contribution is -2.43. The maximum atomic E-state index is 12.5. The zero-order valence-electron chi connectivity index (χ0n) is 14.3. The normalized spacial score (nSPS) is 17.2. The number of carbonyl (C=O) groups excluding carboxylic acids is 1. The molecule has 0 unspecified atom stereocenters. The third-order valence-corrected chi connectivity index (χ3v) is 4.51. The molecular weight excluding hydrogens is 332 g/mol. The molecule has 1 amide bonds. The number of amides is 1. The molecule has 8 heteroatoms. The molecule has 1 aliphatic heterocycles. The number of piperidine rings is 1. The van der Waals surface area contributed by atoms with E-state index >= 15 is 0 Å². The second kappa shape index (κ2) is 7.38. The van der Waals surface area contributed by atoms with Crippen LogP contribution in [0, 0.1) is 5.92 Å². The number of hydrogen-bond acceptors (Lipinski definition) is 6. The first-order valence-electron chi connectivity index (χ1n) is 8.68. The first kappa shape index (κ1) is 16.3. The van der Waals surface area contributed by atoms with E-state index < -0.39 is 0 Å². The molecule has 4 heterocycles. The average Bonchev–Trinajstić information content (AvgIpc) is 3.40. The lowest BCUT2D eigenvalue weighted by atomic mass is 9.97. The summed E-state index contributed by atoms with van der Waals surface area (Å²) < 4.78 is 6.92. The predicted molar refractivity (Wildman–Crippen MR) is 94.6 cm³/mol. The van der Waals surface area contributed by atoms with Gasteiger partial charge in [0, 0.05) is 25.5 Å². The van der Waals surface area contributed by atoms with Gasteiger partial charge in [-0.15, -0.1) is 10.2 Å². The van der Waals surface area contributed by atoms with Crippen LogP contribution in [0.25, 0.3) is 5.82 Å². The number of aromatic nitrogens is 4. The third kappa shape index (κ3) is 3.58. The maximum Gasteiger partial charge on any atom is 0.225 e. The summed E-state index contributed by atoms with van der Waals surface area (Å²) in [5.41, 5.74) is 0. The van der Waals surface area contributed by atoms with Gasteiger partial charge in [0.1, 0.15) is 5.76 Å². The second-order valence-electron chi connectivity index (χ2n) is 6.28. The van der Waals surface area contributed by atoms with E-state index in [1.54, 1.807) is 17.1 Å². The van der Waals surface area contributed by atoms with Crippen LogP contribution in [0.5, 0.6) is 0 Å². The number of anilines is 1. The molecule has 8 nitrogen and oxygen atoms in total. The number of furan rings is 1. The molecule has 0 aliphatic carbocycles. The molecule has 4 rings (SSSR count). The molecule has 1 N–H and O–H groups in total. The van der Waals surface area contributed by atoms with E-state index in [9.17, 15) is 4.79 Å². The first-order chi connectivity index (χ1) is 12.8. The van der Waals surface area contributed by atoms with E-state index in [4.69, 9.17) is 4.42 Å². The number of rotatable bonds is 5. The summed E-state index contributed by atoms with van der Waals surface area (Å²) in [6.45, 7) is 1.93. The van der Waals surface area contributed by atoms with Crippen LogP contribution in [-0.4, -0.2) is 39.0 Å². The highest BCUT2D eigenvalue weighted by molar-refractivity contribution is 5.79. The highest BCUT2D eigenvalue weighted by Crippen LogP contribution is 2.22. The van der Waals surface area contributed by atoms with Crippen molar-refractivity contribution < 1.29 is 9.21 Å². The summed E-state index contributed by atoms with van der Waals surface area (Å²) in [7, 11) is 0. The van der Waals surface area contributed by atoms with Gasteiger partial charge in [-0.3, -0.25) is 4.79 Å². The number of hydrogen-bond donors (Lipinski definition) is 1. The molecule has 0 aromatic carbocycles. The molecule has 0 bridgehead atoms. The lowest BCUT2D eigenvalue weighted by Gasteiger charge is -2.32. The fraction of sp³-hybridized carbons (Fsp3) is 0.333. The molecule has 1 aliphatic rings. The Balaban J connectivity index is 1.37. The van der Waals surface area contributed by atoms with Gasteiger partial charge in [0.05, 0.1) is 18.7 Å². The minimum atomic E-state index is -0.0636. The van der Waals surface area contributed by atoms with Crippen molar-refractivity contribution in [3.63, 3.8) is 0 Å². The van der Waals surface area contributed by atoms with Crippen molar-refractivity contribution in [2.75, 3.05) is 18.0 Å². The van der Waals surface area contributed by atoms with Crippen molar-refractivity contribution in [3.8, 4) is 5.82 Å². The van der Waals surface area contributed by atoms with Gasteiger partial charge >= 0.3 is 0 Å². The van der Waals surface area contributed by atoms with Crippen molar-refractivity contribution >= 4 is 11.7 Å². The van der Waals surface area contributed by atoms with Gasteiger partial charge in [0.2, 0.25) is 5.91 Å². The fourth-order valence-electron chi connectivity index (χ4n) is 3.14. The van der Waals surface area contributed by atoms with Crippen LogP contribution in [0.1, 0.15) is 18.6 Å². The highest BCUT2D eigenvalue weighted by atomic mass is 16.3. The van der Waals surface area contributed by atoms with Crippen LogP contribution in [0.4, 0.5) is 5.82 Å². The largest absolute Gasteiger partial charge is 0.467 e. The summed E-state index contributed by atoms with van der Waals surface area (Å²) in [4.78, 5) is 14.6. The van der Waals surface area contributed by atoms with E-state index in [2.05, 4.69) is 25.5 Å². The van der Waals surface area contributed by atoms with Crippen molar-refractivity contribution in [3.05, 3.63) is 54.7 Å². The Morgan fingerprint density at radius 1 is 1.23 bits per heavy atom. The molecule has 1 atom stereocenters. The molecule has 0 spiro atoms. The third-order valence-electron chi connectivity index (χ3n) is 4.51. The minimum absolute atomic E-state index is 0.0484. The zero-order chi connectivity index (χ0) is 17.8. The standard InChI is InChI=1S/C18H20N6O2/c25-18(19-12-15-5-2-11-26-15)14-4-1-9-23(13-14)16-6-7-17(22-21-16)24-10-3-8-20-24/h2-3,5-8,10-11,14H,1,4,9,12-13H2,(H,19,25)/t14-/m1/s1. The summed E-state index contributed by atoms with van der Waals surface area (Å²) >= 11 is 0. The van der Waals surface area contributed by atoms with Gasteiger partial charge in [-0.2, -0.15) is 5.10 Å². The molecule has 0 saturated carbocycles. The van der Waals surface area contributed by atoms with Crippen LogP contribution in [0.15, 0.2) is 53.4 Å². The van der Waals surface area contributed by atoms with Gasteiger partial charge in [0.25, 0.3) is 0 Å². The molecule has 3 aromatic rings. The predicted octanol–water partition coefficient (Wildman–Crippen LogP) is 1.79. The Morgan fingerprint density at radius 3 is 2.85 bits per heavy atom. The van der Waals surface area contributed by atoms with Crippen molar-refractivity contribution in [2.24, 2.45) is 5.92 Å². The van der Waals surface area contributed by atoms with Crippen molar-refractivity contribution in [1.29, 1.82) is 0 Å². The topological polar surface area (TPSA) is 89.1 Å². The quantitative estimate of drug-likeness (QED) is 0.753. The Hall–Kier alpha value is -3.16. The molecule has 134 valence electrons. The van der Waals surface area contributed by atoms with Crippen molar-refractivity contribution in [2.45, 2.75) is 19.4 Å². The fourth-order valence-corrected chi connectivity index (χ4v) is 3.14. The van der Waals surface area contributed by atoms with Gasteiger partial charge < -0.3 is 14.6 Å². The molecule has 3 aromatic heterocycles. The number of nitrogens with one attached hydrogen (secondary N) is 1. The summed E-state index contributed by atoms with van der Waals surface area (Å²) in [5, 5.41) is 15.6. The maximum absolute atomic E-state index is 12.5. The van der Waals surface area contributed by atoms with E-state index in [0.29, 0.717) is 18.9 Å². The Kier molecular flexibility index (Phi) is 4.63. The Bertz CT molecular complexity index is 829. The zero-order valence-corrected chi connectivity index (χ0v) is 14.3.